The molecule has 20 heavy (non-hydrogen) atoms. The van der Waals surface area contributed by atoms with E-state index in [1.807, 2.05) is 29.5 Å². The van der Waals surface area contributed by atoms with Crippen molar-refractivity contribution in [2.45, 2.75) is 13.3 Å². The highest BCUT2D eigenvalue weighted by molar-refractivity contribution is 5.92. The number of hydrogen-bond acceptors (Lipinski definition) is 3. The number of amides is 1. The van der Waals surface area contributed by atoms with Gasteiger partial charge in [0.1, 0.15) is 11.3 Å². The van der Waals surface area contributed by atoms with Crippen LogP contribution in [-0.4, -0.2) is 31.8 Å². The minimum absolute atomic E-state index is 0.160. The van der Waals surface area contributed by atoms with Gasteiger partial charge < -0.3 is 14.7 Å². The minimum atomic E-state index is -0.160. The third-order valence-corrected chi connectivity index (χ3v) is 3.16. The van der Waals surface area contributed by atoms with Crippen molar-refractivity contribution in [3.63, 3.8) is 0 Å². The fraction of sp³-hybridized carbons (Fsp3) is 0.214. The maximum absolute atomic E-state index is 12.0. The highest BCUT2D eigenvalue weighted by Gasteiger charge is 2.10. The molecule has 6 nitrogen and oxygen atoms in total. The van der Waals surface area contributed by atoms with Crippen LogP contribution < -0.4 is 5.32 Å². The van der Waals surface area contributed by atoms with Crippen LogP contribution in [0.15, 0.2) is 36.9 Å². The summed E-state index contributed by atoms with van der Waals surface area (Å²) in [7, 11) is 0. The molecular weight excluding hydrogens is 254 g/mol. The van der Waals surface area contributed by atoms with Gasteiger partial charge in [0.25, 0.3) is 5.91 Å². The van der Waals surface area contributed by atoms with Gasteiger partial charge >= 0.3 is 0 Å². The van der Waals surface area contributed by atoms with Gasteiger partial charge in [0, 0.05) is 36.7 Å². The molecule has 0 saturated carbocycles. The molecule has 6 heteroatoms. The van der Waals surface area contributed by atoms with Crippen LogP contribution >= 0.6 is 0 Å². The van der Waals surface area contributed by atoms with Crippen molar-refractivity contribution < 1.29 is 4.79 Å². The number of nitrogens with zero attached hydrogens (tertiary/aromatic N) is 3. The van der Waals surface area contributed by atoms with Crippen molar-refractivity contribution in [3.05, 3.63) is 54.0 Å². The van der Waals surface area contributed by atoms with Crippen LogP contribution in [0.1, 0.15) is 21.9 Å². The molecule has 0 spiro atoms. The molecule has 3 rings (SSSR count). The van der Waals surface area contributed by atoms with Gasteiger partial charge in [-0.3, -0.25) is 4.79 Å². The number of aryl methyl sites for hydroxylation is 1. The van der Waals surface area contributed by atoms with Crippen LogP contribution in [0.5, 0.6) is 0 Å². The number of pyridine rings is 1. The molecule has 0 aliphatic carbocycles. The second-order valence-electron chi connectivity index (χ2n) is 4.60. The van der Waals surface area contributed by atoms with Gasteiger partial charge in [0.2, 0.25) is 0 Å². The van der Waals surface area contributed by atoms with Crippen LogP contribution in [0.4, 0.5) is 0 Å². The smallest absolute Gasteiger partial charge is 0.271 e. The van der Waals surface area contributed by atoms with Crippen molar-refractivity contribution in [2.24, 2.45) is 0 Å². The number of aromatic nitrogens is 4. The van der Waals surface area contributed by atoms with E-state index >= 15 is 0 Å². The third kappa shape index (κ3) is 2.40. The number of fused-ring (bicyclic) bond motifs is 1. The van der Waals surface area contributed by atoms with E-state index in [0.717, 1.165) is 23.5 Å². The van der Waals surface area contributed by atoms with Crippen molar-refractivity contribution >= 4 is 11.6 Å². The second kappa shape index (κ2) is 5.16. The Labute approximate surface area is 115 Å². The van der Waals surface area contributed by atoms with E-state index in [1.165, 1.54) is 0 Å². The number of H-pyrrole nitrogens is 1. The summed E-state index contributed by atoms with van der Waals surface area (Å²) in [6.07, 6.45) is 5.86. The lowest BCUT2D eigenvalue weighted by Crippen LogP contribution is -2.26. The summed E-state index contributed by atoms with van der Waals surface area (Å²) in [5, 5.41) is 2.86. The van der Waals surface area contributed by atoms with Gasteiger partial charge in [-0.2, -0.15) is 0 Å². The van der Waals surface area contributed by atoms with Crippen LogP contribution in [-0.2, 0) is 6.42 Å². The zero-order valence-electron chi connectivity index (χ0n) is 11.1. The molecule has 3 aromatic heterocycles. The Balaban J connectivity index is 1.68. The van der Waals surface area contributed by atoms with Crippen molar-refractivity contribution in [1.82, 2.24) is 24.7 Å². The van der Waals surface area contributed by atoms with Crippen molar-refractivity contribution in [1.29, 1.82) is 0 Å². The molecule has 3 heterocycles. The lowest BCUT2D eigenvalue weighted by atomic mass is 10.3. The Bertz CT molecular complexity index is 729. The highest BCUT2D eigenvalue weighted by atomic mass is 16.1. The predicted molar refractivity (Wildman–Crippen MR) is 74.6 cm³/mol. The number of carbonyl (C=O) groups excluding carboxylic acids is 1. The molecule has 3 aromatic rings. The molecule has 0 unspecified atom stereocenters. The summed E-state index contributed by atoms with van der Waals surface area (Å²) in [5.41, 5.74) is 3.26. The van der Waals surface area contributed by atoms with Gasteiger partial charge in [0.05, 0.1) is 6.33 Å². The molecule has 0 bridgehead atoms. The molecule has 0 atom stereocenters. The topological polar surface area (TPSA) is 75.1 Å². The molecule has 0 aliphatic rings. The molecular formula is C14H15N5O. The average molecular weight is 269 g/mol. The fourth-order valence-electron chi connectivity index (χ4n) is 2.08. The van der Waals surface area contributed by atoms with Crippen LogP contribution in [0.3, 0.4) is 0 Å². The van der Waals surface area contributed by atoms with Crippen molar-refractivity contribution in [2.75, 3.05) is 6.54 Å². The fourth-order valence-corrected chi connectivity index (χ4v) is 2.08. The summed E-state index contributed by atoms with van der Waals surface area (Å²) in [5.74, 6) is -0.160. The monoisotopic (exact) mass is 269 g/mol. The Morgan fingerprint density at radius 2 is 2.35 bits per heavy atom. The molecule has 0 saturated heterocycles. The first kappa shape index (κ1) is 12.4. The number of nitrogens with one attached hydrogen (secondary N) is 2. The number of rotatable bonds is 4. The molecule has 0 aliphatic heterocycles. The Kier molecular flexibility index (Phi) is 3.20. The van der Waals surface area contributed by atoms with Crippen LogP contribution in [0, 0.1) is 6.92 Å². The molecule has 0 aromatic carbocycles. The quantitative estimate of drug-likeness (QED) is 0.750. The number of aromatic amines is 1. The Morgan fingerprint density at radius 1 is 1.45 bits per heavy atom. The largest absolute Gasteiger partial charge is 0.350 e. The number of imidazole rings is 2. The average Bonchev–Trinajstić information content (AvgIpc) is 3.07. The SMILES string of the molecule is Cc1cccc2nc(C(=O)NCCc3cnc[nH]3)cn12. The van der Waals surface area contributed by atoms with Gasteiger partial charge in [-0.15, -0.1) is 0 Å². The summed E-state index contributed by atoms with van der Waals surface area (Å²) in [6, 6.07) is 5.79. The van der Waals surface area contributed by atoms with Crippen molar-refractivity contribution in [3.8, 4) is 0 Å². The van der Waals surface area contributed by atoms with Gasteiger partial charge in [-0.25, -0.2) is 9.97 Å². The van der Waals surface area contributed by atoms with E-state index in [2.05, 4.69) is 20.3 Å². The first-order valence-corrected chi connectivity index (χ1v) is 6.44. The number of hydrogen-bond donors (Lipinski definition) is 2. The standard InChI is InChI=1S/C14H15N5O/c1-10-3-2-4-13-18-12(8-19(10)13)14(20)16-6-5-11-7-15-9-17-11/h2-4,7-9H,5-6H2,1H3,(H,15,17)(H,16,20). The lowest BCUT2D eigenvalue weighted by molar-refractivity contribution is 0.0949. The van der Waals surface area contributed by atoms with E-state index in [0.29, 0.717) is 12.2 Å². The zero-order valence-corrected chi connectivity index (χ0v) is 11.1. The van der Waals surface area contributed by atoms with Gasteiger partial charge in [-0.05, 0) is 19.1 Å². The van der Waals surface area contributed by atoms with E-state index in [-0.39, 0.29) is 5.91 Å². The van der Waals surface area contributed by atoms with Crippen LogP contribution in [0.25, 0.3) is 5.65 Å². The zero-order chi connectivity index (χ0) is 13.9. The Hall–Kier alpha value is -2.63. The first-order valence-electron chi connectivity index (χ1n) is 6.44. The van der Waals surface area contributed by atoms with Crippen LogP contribution in [0.2, 0.25) is 0 Å². The molecule has 0 radical (unpaired) electrons. The van der Waals surface area contributed by atoms with Gasteiger partial charge in [-0.1, -0.05) is 6.07 Å². The summed E-state index contributed by atoms with van der Waals surface area (Å²) in [4.78, 5) is 23.3. The summed E-state index contributed by atoms with van der Waals surface area (Å²) < 4.78 is 1.91. The maximum Gasteiger partial charge on any atom is 0.271 e. The Morgan fingerprint density at radius 3 is 3.10 bits per heavy atom. The lowest BCUT2D eigenvalue weighted by Gasteiger charge is -2.01. The minimum Gasteiger partial charge on any atom is -0.350 e. The third-order valence-electron chi connectivity index (χ3n) is 3.16. The molecule has 102 valence electrons. The van der Waals surface area contributed by atoms with E-state index in [9.17, 15) is 4.79 Å². The van der Waals surface area contributed by atoms with Gasteiger partial charge in [0.15, 0.2) is 0 Å². The van der Waals surface area contributed by atoms with E-state index in [1.54, 1.807) is 18.7 Å². The maximum atomic E-state index is 12.0. The predicted octanol–water partition coefficient (Wildman–Crippen LogP) is 1.34. The summed E-state index contributed by atoms with van der Waals surface area (Å²) in [6.45, 7) is 2.53. The number of carbonyl (C=O) groups is 1. The molecule has 1 amide bonds. The second-order valence-corrected chi connectivity index (χ2v) is 4.60. The highest BCUT2D eigenvalue weighted by Crippen LogP contribution is 2.08. The first-order chi connectivity index (χ1) is 9.74. The molecule has 0 fully saturated rings. The normalized spacial score (nSPS) is 10.8. The van der Waals surface area contributed by atoms with E-state index < -0.39 is 0 Å². The van der Waals surface area contributed by atoms with E-state index in [4.69, 9.17) is 0 Å². The summed E-state index contributed by atoms with van der Waals surface area (Å²) >= 11 is 0. The molecule has 2 N–H and O–H groups in total.